The van der Waals surface area contributed by atoms with Gasteiger partial charge in [-0.05, 0) is 30.7 Å². The Kier molecular flexibility index (Phi) is 3.64. The van der Waals surface area contributed by atoms with E-state index in [1.165, 1.54) is 0 Å². The summed E-state index contributed by atoms with van der Waals surface area (Å²) in [7, 11) is 1.85. The Hall–Kier alpha value is -1.55. The number of nitrogens with one attached hydrogen (secondary N) is 1. The van der Waals surface area contributed by atoms with E-state index >= 15 is 0 Å². The van der Waals surface area contributed by atoms with Gasteiger partial charge >= 0.3 is 0 Å². The van der Waals surface area contributed by atoms with Gasteiger partial charge in [0, 0.05) is 17.6 Å². The molecule has 0 fully saturated rings. The fraction of sp³-hybridized carbons (Fsp3) is 0.154. The van der Waals surface area contributed by atoms with Gasteiger partial charge < -0.3 is 10.1 Å². The normalized spacial score (nSPS) is 10.1. The number of rotatable bonds is 3. The molecule has 0 saturated heterocycles. The van der Waals surface area contributed by atoms with E-state index in [0.717, 1.165) is 27.2 Å². The molecule has 1 heterocycles. The quantitative estimate of drug-likeness (QED) is 0.929. The van der Waals surface area contributed by atoms with Crippen molar-refractivity contribution >= 4 is 21.6 Å². The third kappa shape index (κ3) is 2.97. The standard InChI is InChI=1S/C13H13BrN2O/c1-9-5-10(14)3-4-13(9)17-12-6-11(15-2)7-16-8-12/h3-8,15H,1-2H3. The van der Waals surface area contributed by atoms with E-state index in [4.69, 9.17) is 4.74 Å². The minimum absolute atomic E-state index is 0.724. The summed E-state index contributed by atoms with van der Waals surface area (Å²) < 4.78 is 6.83. The van der Waals surface area contributed by atoms with E-state index in [1.54, 1.807) is 12.4 Å². The molecule has 1 aromatic heterocycles. The van der Waals surface area contributed by atoms with Crippen LogP contribution >= 0.6 is 15.9 Å². The molecule has 3 nitrogen and oxygen atoms in total. The summed E-state index contributed by atoms with van der Waals surface area (Å²) in [5, 5.41) is 3.03. The number of hydrogen-bond acceptors (Lipinski definition) is 3. The van der Waals surface area contributed by atoms with Crippen molar-refractivity contribution in [3.8, 4) is 11.5 Å². The average molecular weight is 293 g/mol. The molecule has 0 spiro atoms. The molecular weight excluding hydrogens is 280 g/mol. The molecule has 0 bridgehead atoms. The fourth-order valence-corrected chi connectivity index (χ4v) is 1.94. The van der Waals surface area contributed by atoms with Crippen molar-refractivity contribution in [1.82, 2.24) is 4.98 Å². The molecule has 17 heavy (non-hydrogen) atoms. The Bertz CT molecular complexity index is 529. The van der Waals surface area contributed by atoms with Crippen LogP contribution in [0, 0.1) is 6.92 Å². The van der Waals surface area contributed by atoms with Gasteiger partial charge in [-0.3, -0.25) is 4.98 Å². The molecule has 0 unspecified atom stereocenters. The van der Waals surface area contributed by atoms with Crippen molar-refractivity contribution in [1.29, 1.82) is 0 Å². The highest BCUT2D eigenvalue weighted by Crippen LogP contribution is 2.27. The van der Waals surface area contributed by atoms with Crippen molar-refractivity contribution in [2.45, 2.75) is 6.92 Å². The first kappa shape index (κ1) is 11.9. The van der Waals surface area contributed by atoms with E-state index in [2.05, 4.69) is 26.2 Å². The van der Waals surface area contributed by atoms with Crippen LogP contribution in [-0.4, -0.2) is 12.0 Å². The maximum atomic E-state index is 5.78. The summed E-state index contributed by atoms with van der Waals surface area (Å²) in [5.41, 5.74) is 2.01. The zero-order chi connectivity index (χ0) is 12.3. The second-order valence-corrected chi connectivity index (χ2v) is 4.59. The lowest BCUT2D eigenvalue weighted by molar-refractivity contribution is 0.477. The Morgan fingerprint density at radius 3 is 2.76 bits per heavy atom. The van der Waals surface area contributed by atoms with Crippen molar-refractivity contribution in [2.24, 2.45) is 0 Å². The van der Waals surface area contributed by atoms with Gasteiger partial charge in [0.25, 0.3) is 0 Å². The number of aryl methyl sites for hydroxylation is 1. The second-order valence-electron chi connectivity index (χ2n) is 3.67. The number of aromatic nitrogens is 1. The van der Waals surface area contributed by atoms with Gasteiger partial charge in [0.1, 0.15) is 11.5 Å². The number of benzene rings is 1. The maximum absolute atomic E-state index is 5.78. The molecule has 2 rings (SSSR count). The fourth-order valence-electron chi connectivity index (χ4n) is 1.47. The predicted octanol–water partition coefficient (Wildman–Crippen LogP) is 3.99. The van der Waals surface area contributed by atoms with Crippen LogP contribution < -0.4 is 10.1 Å². The van der Waals surface area contributed by atoms with Crippen molar-refractivity contribution in [2.75, 3.05) is 12.4 Å². The molecule has 4 heteroatoms. The number of pyridine rings is 1. The minimum Gasteiger partial charge on any atom is -0.455 e. The van der Waals surface area contributed by atoms with Crippen LogP contribution in [0.5, 0.6) is 11.5 Å². The van der Waals surface area contributed by atoms with E-state index in [9.17, 15) is 0 Å². The lowest BCUT2D eigenvalue weighted by Gasteiger charge is -2.09. The van der Waals surface area contributed by atoms with Crippen LogP contribution in [-0.2, 0) is 0 Å². The number of hydrogen-bond donors (Lipinski definition) is 1. The molecule has 0 aliphatic rings. The summed E-state index contributed by atoms with van der Waals surface area (Å²) in [6.45, 7) is 2.01. The van der Waals surface area contributed by atoms with E-state index in [0.29, 0.717) is 0 Å². The van der Waals surface area contributed by atoms with Crippen LogP contribution in [0.25, 0.3) is 0 Å². The van der Waals surface area contributed by atoms with E-state index < -0.39 is 0 Å². The van der Waals surface area contributed by atoms with Crippen molar-refractivity contribution in [3.05, 3.63) is 46.7 Å². The Labute approximate surface area is 109 Å². The molecular formula is C13H13BrN2O. The number of anilines is 1. The Morgan fingerprint density at radius 2 is 2.06 bits per heavy atom. The lowest BCUT2D eigenvalue weighted by Crippen LogP contribution is -1.92. The van der Waals surface area contributed by atoms with Gasteiger partial charge in [0.05, 0.1) is 18.1 Å². The summed E-state index contributed by atoms with van der Waals surface area (Å²) in [4.78, 5) is 4.10. The molecule has 0 saturated carbocycles. The van der Waals surface area contributed by atoms with Gasteiger partial charge in [-0.25, -0.2) is 0 Å². The van der Waals surface area contributed by atoms with Crippen LogP contribution in [0.1, 0.15) is 5.56 Å². The first-order chi connectivity index (χ1) is 8.19. The van der Waals surface area contributed by atoms with Gasteiger partial charge in [-0.1, -0.05) is 15.9 Å². The smallest absolute Gasteiger partial charge is 0.147 e. The van der Waals surface area contributed by atoms with Gasteiger partial charge in [0.2, 0.25) is 0 Å². The number of nitrogens with zero attached hydrogens (tertiary/aromatic N) is 1. The summed E-state index contributed by atoms with van der Waals surface area (Å²) >= 11 is 3.43. The second kappa shape index (κ2) is 5.19. The highest BCUT2D eigenvalue weighted by Gasteiger charge is 2.03. The third-order valence-corrected chi connectivity index (χ3v) is 2.86. The first-order valence-electron chi connectivity index (χ1n) is 5.26. The highest BCUT2D eigenvalue weighted by molar-refractivity contribution is 9.10. The van der Waals surface area contributed by atoms with Crippen molar-refractivity contribution < 1.29 is 4.74 Å². The molecule has 2 aromatic rings. The van der Waals surface area contributed by atoms with Crippen LogP contribution in [0.3, 0.4) is 0 Å². The van der Waals surface area contributed by atoms with Gasteiger partial charge in [-0.2, -0.15) is 0 Å². The van der Waals surface area contributed by atoms with Gasteiger partial charge in [-0.15, -0.1) is 0 Å². The summed E-state index contributed by atoms with van der Waals surface area (Å²) in [6, 6.07) is 7.82. The Morgan fingerprint density at radius 1 is 1.24 bits per heavy atom. The third-order valence-electron chi connectivity index (χ3n) is 2.37. The summed E-state index contributed by atoms with van der Waals surface area (Å²) in [5.74, 6) is 1.56. The number of halogens is 1. The molecule has 0 aliphatic carbocycles. The molecule has 0 radical (unpaired) electrons. The monoisotopic (exact) mass is 292 g/mol. The lowest BCUT2D eigenvalue weighted by atomic mass is 10.2. The molecule has 1 N–H and O–H groups in total. The van der Waals surface area contributed by atoms with Crippen LogP contribution in [0.2, 0.25) is 0 Å². The topological polar surface area (TPSA) is 34.2 Å². The SMILES string of the molecule is CNc1cncc(Oc2ccc(Br)cc2C)c1. The van der Waals surface area contributed by atoms with Crippen LogP contribution in [0.4, 0.5) is 5.69 Å². The zero-order valence-corrected chi connectivity index (χ0v) is 11.3. The molecule has 1 aromatic carbocycles. The van der Waals surface area contributed by atoms with Crippen molar-refractivity contribution in [3.63, 3.8) is 0 Å². The molecule has 0 atom stereocenters. The highest BCUT2D eigenvalue weighted by atomic mass is 79.9. The summed E-state index contributed by atoms with van der Waals surface area (Å²) in [6.07, 6.45) is 3.45. The van der Waals surface area contributed by atoms with E-state index in [1.807, 2.05) is 38.2 Å². The predicted molar refractivity (Wildman–Crippen MR) is 72.7 cm³/mol. The molecule has 88 valence electrons. The maximum Gasteiger partial charge on any atom is 0.147 e. The Balaban J connectivity index is 2.25. The molecule has 0 aliphatic heterocycles. The van der Waals surface area contributed by atoms with Crippen LogP contribution in [0.15, 0.2) is 41.1 Å². The van der Waals surface area contributed by atoms with E-state index in [-0.39, 0.29) is 0 Å². The molecule has 0 amide bonds. The zero-order valence-electron chi connectivity index (χ0n) is 9.70. The minimum atomic E-state index is 0.724. The largest absolute Gasteiger partial charge is 0.455 e. The number of ether oxygens (including phenoxy) is 1. The van der Waals surface area contributed by atoms with Gasteiger partial charge in [0.15, 0.2) is 0 Å². The average Bonchev–Trinajstić information content (AvgIpc) is 2.33. The first-order valence-corrected chi connectivity index (χ1v) is 6.05.